The van der Waals surface area contributed by atoms with E-state index in [4.69, 9.17) is 0 Å². The van der Waals surface area contributed by atoms with Gasteiger partial charge in [0.15, 0.2) is 0 Å². The van der Waals surface area contributed by atoms with Crippen LogP contribution in [-0.4, -0.2) is 61.2 Å². The van der Waals surface area contributed by atoms with Gasteiger partial charge in [0.1, 0.15) is 0 Å². The second-order valence-electron chi connectivity index (χ2n) is 9.04. The van der Waals surface area contributed by atoms with Crippen molar-refractivity contribution in [1.29, 1.82) is 0 Å². The highest BCUT2D eigenvalue weighted by molar-refractivity contribution is 6.03. The molecule has 182 valence electrons. The van der Waals surface area contributed by atoms with Crippen molar-refractivity contribution in [3.05, 3.63) is 64.7 Å². The summed E-state index contributed by atoms with van der Waals surface area (Å²) in [5.74, 6) is -0.268. The van der Waals surface area contributed by atoms with Gasteiger partial charge in [-0.25, -0.2) is 0 Å². The zero-order chi connectivity index (χ0) is 24.5. The first-order valence-electron chi connectivity index (χ1n) is 11.4. The highest BCUT2D eigenvalue weighted by Crippen LogP contribution is 2.34. The molecule has 1 fully saturated rings. The van der Waals surface area contributed by atoms with Crippen molar-refractivity contribution in [3.63, 3.8) is 0 Å². The van der Waals surface area contributed by atoms with E-state index in [2.05, 4.69) is 5.32 Å². The van der Waals surface area contributed by atoms with Crippen molar-refractivity contribution in [2.75, 3.05) is 38.1 Å². The largest absolute Gasteiger partial charge is 0.416 e. The van der Waals surface area contributed by atoms with E-state index in [0.29, 0.717) is 43.7 Å². The topological polar surface area (TPSA) is 72.9 Å². The zero-order valence-electron chi connectivity index (χ0n) is 18.9. The van der Waals surface area contributed by atoms with Crippen LogP contribution in [0.1, 0.15) is 45.8 Å². The molecule has 2 aliphatic heterocycles. The summed E-state index contributed by atoms with van der Waals surface area (Å²) in [7, 11) is 1.71. The Morgan fingerprint density at radius 3 is 2.79 bits per heavy atom. The number of carbonyl (C=O) groups excluding carboxylic acids is 2. The van der Waals surface area contributed by atoms with Crippen LogP contribution in [-0.2, 0) is 17.4 Å². The van der Waals surface area contributed by atoms with Crippen LogP contribution in [0, 0.1) is 0 Å². The van der Waals surface area contributed by atoms with E-state index in [0.717, 1.165) is 23.7 Å². The van der Waals surface area contributed by atoms with Crippen molar-refractivity contribution in [3.8, 4) is 0 Å². The monoisotopic (exact) mass is 475 g/mol. The van der Waals surface area contributed by atoms with Gasteiger partial charge in [0.05, 0.1) is 18.1 Å². The summed E-state index contributed by atoms with van der Waals surface area (Å²) in [6, 6.07) is 10.6. The minimum atomic E-state index is -4.36. The van der Waals surface area contributed by atoms with E-state index in [1.54, 1.807) is 36.2 Å². The van der Waals surface area contributed by atoms with Crippen LogP contribution in [0.2, 0.25) is 0 Å². The van der Waals surface area contributed by atoms with Crippen molar-refractivity contribution < 1.29 is 27.9 Å². The van der Waals surface area contributed by atoms with Gasteiger partial charge in [-0.1, -0.05) is 18.2 Å². The van der Waals surface area contributed by atoms with Crippen LogP contribution >= 0.6 is 0 Å². The number of benzene rings is 2. The molecule has 2 aromatic carbocycles. The van der Waals surface area contributed by atoms with Gasteiger partial charge >= 0.3 is 6.18 Å². The summed E-state index contributed by atoms with van der Waals surface area (Å²) in [4.78, 5) is 27.9. The van der Waals surface area contributed by atoms with E-state index in [1.807, 2.05) is 4.90 Å². The Morgan fingerprint density at radius 1 is 1.24 bits per heavy atom. The maximum Gasteiger partial charge on any atom is 0.416 e. The van der Waals surface area contributed by atoms with Gasteiger partial charge in [-0.05, 0) is 60.7 Å². The van der Waals surface area contributed by atoms with Crippen LogP contribution < -0.4 is 10.2 Å². The molecular weight excluding hydrogens is 447 g/mol. The molecule has 34 heavy (non-hydrogen) atoms. The number of rotatable bonds is 7. The SMILES string of the molecule is CN1C(=O)Cc2cc(C(=O)NCC[C@@H](O)CN3CCC(c4cccc(C(F)(F)F)c4)C3)ccc21. The molecule has 2 atom stereocenters. The number of nitrogens with zero attached hydrogens (tertiary/aromatic N) is 2. The second-order valence-corrected chi connectivity index (χ2v) is 9.04. The molecular formula is C25H28F3N3O3. The molecule has 1 saturated heterocycles. The number of halogens is 3. The summed E-state index contributed by atoms with van der Waals surface area (Å²) in [6.07, 6.45) is -3.64. The Balaban J connectivity index is 1.22. The van der Waals surface area contributed by atoms with Gasteiger partial charge in [0, 0.05) is 37.9 Å². The van der Waals surface area contributed by atoms with Crippen LogP contribution in [0.4, 0.5) is 18.9 Å². The fourth-order valence-electron chi connectivity index (χ4n) is 4.69. The number of hydrogen-bond acceptors (Lipinski definition) is 4. The molecule has 2 aliphatic rings. The van der Waals surface area contributed by atoms with Crippen LogP contribution in [0.15, 0.2) is 42.5 Å². The van der Waals surface area contributed by atoms with Gasteiger partial charge < -0.3 is 20.2 Å². The van der Waals surface area contributed by atoms with Crippen molar-refractivity contribution >= 4 is 17.5 Å². The van der Waals surface area contributed by atoms with Crippen LogP contribution in [0.3, 0.4) is 0 Å². The third kappa shape index (κ3) is 5.42. The number of hydrogen-bond donors (Lipinski definition) is 2. The zero-order valence-corrected chi connectivity index (χ0v) is 18.9. The van der Waals surface area contributed by atoms with Crippen LogP contribution in [0.25, 0.3) is 0 Å². The van der Waals surface area contributed by atoms with Gasteiger partial charge in [-0.2, -0.15) is 13.2 Å². The maximum atomic E-state index is 13.0. The normalized spacial score (nSPS) is 19.4. The number of aliphatic hydroxyl groups is 1. The Morgan fingerprint density at radius 2 is 2.03 bits per heavy atom. The number of likely N-dealkylation sites (N-methyl/N-ethyl adjacent to an activating group) is 1. The lowest BCUT2D eigenvalue weighted by Gasteiger charge is -2.20. The number of amides is 2. The minimum absolute atomic E-state index is 0.0000571. The first kappa shape index (κ1) is 24.2. The number of anilines is 1. The summed E-state index contributed by atoms with van der Waals surface area (Å²) in [5, 5.41) is 13.2. The predicted octanol–water partition coefficient (Wildman–Crippen LogP) is 3.19. The van der Waals surface area contributed by atoms with E-state index >= 15 is 0 Å². The quantitative estimate of drug-likeness (QED) is 0.645. The summed E-state index contributed by atoms with van der Waals surface area (Å²) < 4.78 is 39.0. The molecule has 9 heteroatoms. The molecule has 0 bridgehead atoms. The lowest BCUT2D eigenvalue weighted by molar-refractivity contribution is -0.137. The fraction of sp³-hybridized carbons (Fsp3) is 0.440. The molecule has 2 heterocycles. The Hall–Kier alpha value is -2.91. The number of carbonyl (C=O) groups is 2. The number of likely N-dealkylation sites (tertiary alicyclic amines) is 1. The number of β-amino-alcohol motifs (C(OH)–C–C–N with tert-alkyl or cyclic N) is 1. The Kier molecular flexibility index (Phi) is 6.95. The molecule has 0 spiro atoms. The molecule has 6 nitrogen and oxygen atoms in total. The summed E-state index contributed by atoms with van der Waals surface area (Å²) in [6.45, 7) is 1.99. The molecule has 4 rings (SSSR count). The molecule has 2 aromatic rings. The third-order valence-corrected chi connectivity index (χ3v) is 6.61. The lowest BCUT2D eigenvalue weighted by Crippen LogP contribution is -2.34. The molecule has 0 saturated carbocycles. The standard InChI is InChI=1S/C25H28F3N3O3/c1-30-22-6-5-17(11-19(22)13-23(30)33)24(34)29-9-7-21(32)15-31-10-8-18(14-31)16-3-2-4-20(12-16)25(26,27)28/h2-6,11-12,18,21,32H,7-10,13-15H2,1H3,(H,29,34)/t18?,21-/m1/s1. The lowest BCUT2D eigenvalue weighted by atomic mass is 9.96. The smallest absolute Gasteiger partial charge is 0.392 e. The first-order valence-corrected chi connectivity index (χ1v) is 11.4. The average molecular weight is 476 g/mol. The predicted molar refractivity (Wildman–Crippen MR) is 122 cm³/mol. The molecule has 2 N–H and O–H groups in total. The van der Waals surface area contributed by atoms with Gasteiger partial charge in [-0.15, -0.1) is 0 Å². The van der Waals surface area contributed by atoms with E-state index in [1.165, 1.54) is 12.1 Å². The molecule has 1 unspecified atom stereocenters. The molecule has 0 aromatic heterocycles. The van der Waals surface area contributed by atoms with Crippen molar-refractivity contribution in [1.82, 2.24) is 10.2 Å². The number of fused-ring (bicyclic) bond motifs is 1. The van der Waals surface area contributed by atoms with Gasteiger partial charge in [0.2, 0.25) is 5.91 Å². The minimum Gasteiger partial charge on any atom is -0.392 e. The number of aliphatic hydroxyl groups excluding tert-OH is 1. The molecule has 0 radical (unpaired) electrons. The third-order valence-electron chi connectivity index (χ3n) is 6.61. The van der Waals surface area contributed by atoms with E-state index in [-0.39, 0.29) is 24.2 Å². The first-order chi connectivity index (χ1) is 16.1. The van der Waals surface area contributed by atoms with Crippen molar-refractivity contribution in [2.45, 2.75) is 37.5 Å². The summed E-state index contributed by atoms with van der Waals surface area (Å²) >= 11 is 0. The highest BCUT2D eigenvalue weighted by Gasteiger charge is 2.32. The Labute approximate surface area is 196 Å². The van der Waals surface area contributed by atoms with E-state index < -0.39 is 17.8 Å². The maximum absolute atomic E-state index is 13.0. The Bertz CT molecular complexity index is 1070. The number of alkyl halides is 3. The van der Waals surface area contributed by atoms with Crippen molar-refractivity contribution in [2.24, 2.45) is 0 Å². The van der Waals surface area contributed by atoms with Crippen LogP contribution in [0.5, 0.6) is 0 Å². The average Bonchev–Trinajstić information content (AvgIpc) is 3.37. The van der Waals surface area contributed by atoms with Gasteiger partial charge in [-0.3, -0.25) is 9.59 Å². The summed E-state index contributed by atoms with van der Waals surface area (Å²) in [5.41, 5.74) is 2.14. The molecule has 0 aliphatic carbocycles. The van der Waals surface area contributed by atoms with E-state index in [9.17, 15) is 27.9 Å². The number of nitrogens with one attached hydrogen (secondary N) is 1. The molecule has 2 amide bonds. The second kappa shape index (κ2) is 9.76. The van der Waals surface area contributed by atoms with Gasteiger partial charge in [0.25, 0.3) is 5.91 Å². The fourth-order valence-corrected chi connectivity index (χ4v) is 4.69. The highest BCUT2D eigenvalue weighted by atomic mass is 19.4.